The number of halogens is 1. The number of nitrogens with one attached hydrogen (secondary N) is 1. The van der Waals surface area contributed by atoms with Gasteiger partial charge in [-0.25, -0.2) is 4.39 Å². The van der Waals surface area contributed by atoms with Crippen molar-refractivity contribution in [3.63, 3.8) is 0 Å². The zero-order valence-electron chi connectivity index (χ0n) is 25.3. The Labute approximate surface area is 264 Å². The maximum Gasteiger partial charge on any atom is 0.261 e. The molecule has 6 rings (SSSR count). The molecule has 3 N–H and O–H groups in total. The first-order chi connectivity index (χ1) is 21.7. The fourth-order valence-corrected chi connectivity index (χ4v) is 6.81. The maximum absolute atomic E-state index is 13.6. The van der Waals surface area contributed by atoms with Gasteiger partial charge in [-0.3, -0.25) is 19.6 Å². The highest BCUT2D eigenvalue weighted by Gasteiger charge is 2.30. The second-order valence-corrected chi connectivity index (χ2v) is 12.7. The highest BCUT2D eigenvalue weighted by molar-refractivity contribution is 7.17. The molecule has 1 aromatic carbocycles. The Hall–Kier alpha value is -4.77. The first-order valence-electron chi connectivity index (χ1n) is 14.9. The molecule has 11 heteroatoms. The van der Waals surface area contributed by atoms with Crippen molar-refractivity contribution in [2.75, 3.05) is 0 Å². The Morgan fingerprint density at radius 3 is 2.58 bits per heavy atom. The van der Waals surface area contributed by atoms with Crippen molar-refractivity contribution in [1.82, 2.24) is 25.5 Å². The van der Waals surface area contributed by atoms with Crippen LogP contribution in [0.25, 0.3) is 21.9 Å². The number of carbonyl (C=O) groups excluding carboxylic acids is 2. The van der Waals surface area contributed by atoms with Crippen molar-refractivity contribution < 1.29 is 18.4 Å². The molecule has 0 aliphatic heterocycles. The smallest absolute Gasteiger partial charge is 0.261 e. The van der Waals surface area contributed by atoms with Crippen LogP contribution in [0.1, 0.15) is 80.4 Å². The van der Waals surface area contributed by atoms with Gasteiger partial charge in [0.25, 0.3) is 11.8 Å². The van der Waals surface area contributed by atoms with E-state index in [1.54, 1.807) is 31.3 Å². The summed E-state index contributed by atoms with van der Waals surface area (Å²) in [6.45, 7) is 5.78. The number of nitrogens with two attached hydrogens (primary N) is 1. The van der Waals surface area contributed by atoms with Crippen molar-refractivity contribution in [3.8, 4) is 21.9 Å². The molecule has 45 heavy (non-hydrogen) atoms. The minimum atomic E-state index is -0.634. The lowest BCUT2D eigenvalue weighted by Crippen LogP contribution is -2.26. The molecule has 0 fully saturated rings. The summed E-state index contributed by atoms with van der Waals surface area (Å²) in [6, 6.07) is 13.7. The fourth-order valence-electron chi connectivity index (χ4n) is 5.84. The van der Waals surface area contributed by atoms with Crippen molar-refractivity contribution in [1.29, 1.82) is 0 Å². The van der Waals surface area contributed by atoms with Gasteiger partial charge in [-0.15, -0.1) is 21.5 Å². The molecule has 9 nitrogen and oxygen atoms in total. The number of aryl methyl sites for hydroxylation is 4. The number of hydrogen-bond donors (Lipinski definition) is 2. The van der Waals surface area contributed by atoms with Gasteiger partial charge in [-0.05, 0) is 79.5 Å². The summed E-state index contributed by atoms with van der Waals surface area (Å²) in [5.41, 5.74) is 11.5. The van der Waals surface area contributed by atoms with Crippen LogP contribution in [0, 0.1) is 18.7 Å². The highest BCUT2D eigenvalue weighted by Crippen LogP contribution is 2.42. The van der Waals surface area contributed by atoms with E-state index in [0.717, 1.165) is 29.7 Å². The summed E-state index contributed by atoms with van der Waals surface area (Å²) in [6.07, 6.45) is 4.87. The van der Waals surface area contributed by atoms with E-state index in [1.165, 1.54) is 23.5 Å². The van der Waals surface area contributed by atoms with E-state index in [9.17, 15) is 14.0 Å². The summed E-state index contributed by atoms with van der Waals surface area (Å²) in [5.74, 6) is -0.417. The maximum atomic E-state index is 13.6. The molecule has 0 spiro atoms. The van der Waals surface area contributed by atoms with Crippen LogP contribution in [0.5, 0.6) is 0 Å². The predicted octanol–water partition coefficient (Wildman–Crippen LogP) is 6.20. The van der Waals surface area contributed by atoms with Crippen LogP contribution >= 0.6 is 11.3 Å². The third-order valence-corrected chi connectivity index (χ3v) is 8.95. The van der Waals surface area contributed by atoms with Crippen LogP contribution in [0.2, 0.25) is 0 Å². The minimum absolute atomic E-state index is 0.124. The lowest BCUT2D eigenvalue weighted by molar-refractivity contribution is 0.0939. The SMILES string of the molecule is Cc1nnc(-c2c(CCc3ccc(F)cc3)nc(CC(C)C)c(C(N)=O)c2-c2ccc(C(=O)NC3CCc4ncccc43)s2)o1. The van der Waals surface area contributed by atoms with E-state index in [4.69, 9.17) is 15.1 Å². The number of primary amides is 1. The number of fused-ring (bicyclic) bond motifs is 1. The molecule has 1 unspecified atom stereocenters. The molecule has 5 aromatic rings. The number of carbonyl (C=O) groups is 2. The number of hydrogen-bond acceptors (Lipinski definition) is 8. The Kier molecular flexibility index (Phi) is 8.53. The summed E-state index contributed by atoms with van der Waals surface area (Å²) in [5, 5.41) is 11.5. The van der Waals surface area contributed by atoms with Crippen molar-refractivity contribution in [3.05, 3.63) is 105 Å². The Morgan fingerprint density at radius 1 is 1.07 bits per heavy atom. The number of nitrogens with zero attached hydrogens (tertiary/aromatic N) is 4. The largest absolute Gasteiger partial charge is 0.421 e. The normalized spacial score (nSPS) is 14.1. The molecule has 2 amide bonds. The lowest BCUT2D eigenvalue weighted by Gasteiger charge is -2.19. The quantitative estimate of drug-likeness (QED) is 0.189. The zero-order chi connectivity index (χ0) is 31.7. The summed E-state index contributed by atoms with van der Waals surface area (Å²) in [7, 11) is 0. The zero-order valence-corrected chi connectivity index (χ0v) is 26.1. The fraction of sp³-hybridized carbons (Fsp3) is 0.294. The van der Waals surface area contributed by atoms with E-state index < -0.39 is 5.91 Å². The second-order valence-electron chi connectivity index (χ2n) is 11.6. The van der Waals surface area contributed by atoms with E-state index in [0.29, 0.717) is 57.4 Å². The van der Waals surface area contributed by atoms with Gasteiger partial charge >= 0.3 is 0 Å². The molecule has 0 bridgehead atoms. The molecule has 1 atom stereocenters. The summed E-state index contributed by atoms with van der Waals surface area (Å²) in [4.78, 5) is 37.3. The van der Waals surface area contributed by atoms with Crippen molar-refractivity contribution >= 4 is 23.2 Å². The molecule has 0 saturated carbocycles. The Bertz CT molecular complexity index is 1880. The standard InChI is InChI=1S/C34H33FN6O3S/c1-18(2)17-26-29(32(36)42)31(27-14-15-28(45-27)33(43)39-24-13-12-23-22(24)5-4-16-37-23)30(34-41-40-19(3)44-34)25(38-26)11-8-20-6-9-21(35)10-7-20/h4-7,9-10,14-16,18,24H,8,11-13,17H2,1-3H3,(H2,36,42)(H,39,43). The number of pyridine rings is 2. The average Bonchev–Trinajstić information content (AvgIpc) is 3.76. The number of thiophene rings is 1. The minimum Gasteiger partial charge on any atom is -0.421 e. The van der Waals surface area contributed by atoms with Crippen LogP contribution in [0.4, 0.5) is 4.39 Å². The van der Waals surface area contributed by atoms with Crippen LogP contribution in [0.15, 0.2) is 59.1 Å². The van der Waals surface area contributed by atoms with Crippen LogP contribution in [-0.4, -0.2) is 32.0 Å². The van der Waals surface area contributed by atoms with E-state index >= 15 is 0 Å². The van der Waals surface area contributed by atoms with E-state index in [1.807, 2.05) is 32.0 Å². The van der Waals surface area contributed by atoms with E-state index in [-0.39, 0.29) is 35.1 Å². The highest BCUT2D eigenvalue weighted by atomic mass is 32.1. The number of benzene rings is 1. The monoisotopic (exact) mass is 624 g/mol. The number of amides is 2. The van der Waals surface area contributed by atoms with Gasteiger partial charge < -0.3 is 15.5 Å². The summed E-state index contributed by atoms with van der Waals surface area (Å²) < 4.78 is 19.5. The van der Waals surface area contributed by atoms with Gasteiger partial charge in [0.1, 0.15) is 5.82 Å². The molecule has 1 aliphatic carbocycles. The first kappa shape index (κ1) is 30.3. The molecule has 1 aliphatic rings. The van der Waals surface area contributed by atoms with Crippen LogP contribution in [0.3, 0.4) is 0 Å². The van der Waals surface area contributed by atoms with Crippen LogP contribution < -0.4 is 11.1 Å². The van der Waals surface area contributed by atoms with Gasteiger partial charge in [0.2, 0.25) is 11.8 Å². The van der Waals surface area contributed by atoms with Gasteiger partial charge in [-0.1, -0.05) is 32.0 Å². The van der Waals surface area contributed by atoms with Crippen LogP contribution in [-0.2, 0) is 25.7 Å². The number of aromatic nitrogens is 4. The van der Waals surface area contributed by atoms with E-state index in [2.05, 4.69) is 20.5 Å². The van der Waals surface area contributed by atoms with Crippen molar-refractivity contribution in [2.45, 2.75) is 58.9 Å². The Balaban J connectivity index is 1.45. The topological polar surface area (TPSA) is 137 Å². The van der Waals surface area contributed by atoms with Crippen molar-refractivity contribution in [2.24, 2.45) is 11.7 Å². The first-order valence-corrected chi connectivity index (χ1v) is 15.7. The Morgan fingerprint density at radius 2 is 1.87 bits per heavy atom. The lowest BCUT2D eigenvalue weighted by atomic mass is 9.91. The molecule has 0 saturated heterocycles. The molecular formula is C34H33FN6O3S. The molecule has 4 aromatic heterocycles. The third-order valence-electron chi connectivity index (χ3n) is 7.85. The predicted molar refractivity (Wildman–Crippen MR) is 169 cm³/mol. The molecule has 0 radical (unpaired) electrons. The third kappa shape index (κ3) is 6.39. The van der Waals surface area contributed by atoms with Gasteiger partial charge in [0.15, 0.2) is 0 Å². The van der Waals surface area contributed by atoms with Gasteiger partial charge in [0, 0.05) is 29.3 Å². The molecular weight excluding hydrogens is 591 g/mol. The summed E-state index contributed by atoms with van der Waals surface area (Å²) >= 11 is 1.26. The van der Waals surface area contributed by atoms with Gasteiger partial charge in [-0.2, -0.15) is 0 Å². The number of rotatable bonds is 10. The molecule has 230 valence electrons. The second kappa shape index (κ2) is 12.7. The molecule has 4 heterocycles. The van der Waals surface area contributed by atoms with Gasteiger partial charge in [0.05, 0.1) is 33.4 Å². The average molecular weight is 625 g/mol.